The summed E-state index contributed by atoms with van der Waals surface area (Å²) in [4.78, 5) is 8.79. The van der Waals surface area contributed by atoms with Crippen LogP contribution in [0.25, 0.3) is 0 Å². The van der Waals surface area contributed by atoms with E-state index in [0.717, 1.165) is 37.2 Å². The summed E-state index contributed by atoms with van der Waals surface area (Å²) in [7, 11) is 0. The lowest BCUT2D eigenvalue weighted by atomic mass is 9.83. The topological polar surface area (TPSA) is 134 Å². The highest BCUT2D eigenvalue weighted by Crippen LogP contribution is 2.30. The smallest absolute Gasteiger partial charge is 0.224 e. The third-order valence-electron chi connectivity index (χ3n) is 5.80. The summed E-state index contributed by atoms with van der Waals surface area (Å²) in [6.07, 6.45) is 5.66. The Morgan fingerprint density at radius 1 is 1.34 bits per heavy atom. The van der Waals surface area contributed by atoms with Gasteiger partial charge < -0.3 is 15.7 Å². The Morgan fingerprint density at radius 3 is 2.84 bits per heavy atom. The highest BCUT2D eigenvalue weighted by Gasteiger charge is 2.30. The molecule has 1 aliphatic heterocycles. The lowest BCUT2D eigenvalue weighted by molar-refractivity contribution is 0.0182. The maximum atomic E-state index is 10.4. The number of benzene rings is 1. The molecule has 2 aliphatic rings. The van der Waals surface area contributed by atoms with E-state index in [1.807, 2.05) is 31.0 Å². The molecular formula is C22H29N9O. The van der Waals surface area contributed by atoms with E-state index in [4.69, 9.17) is 0 Å². The fourth-order valence-electron chi connectivity index (χ4n) is 4.11. The Bertz CT molecular complexity index is 1010. The Kier molecular flexibility index (Phi) is 6.39. The van der Waals surface area contributed by atoms with E-state index >= 15 is 0 Å². The lowest BCUT2D eigenvalue weighted by Gasteiger charge is -2.34. The summed E-state index contributed by atoms with van der Waals surface area (Å²) >= 11 is 0. The molecule has 1 aromatic carbocycles. The van der Waals surface area contributed by atoms with Gasteiger partial charge in [0, 0.05) is 12.6 Å². The molecule has 0 radical (unpaired) electrons. The number of anilines is 3. The van der Waals surface area contributed by atoms with E-state index < -0.39 is 5.60 Å². The van der Waals surface area contributed by atoms with Crippen LogP contribution in [0.1, 0.15) is 50.7 Å². The number of hydrazone groups is 1. The van der Waals surface area contributed by atoms with Gasteiger partial charge in [-0.15, -0.1) is 10.6 Å². The van der Waals surface area contributed by atoms with Crippen molar-refractivity contribution < 1.29 is 5.11 Å². The maximum Gasteiger partial charge on any atom is 0.224 e. The molecule has 1 fully saturated rings. The van der Waals surface area contributed by atoms with Gasteiger partial charge in [0.05, 0.1) is 17.5 Å². The van der Waals surface area contributed by atoms with Crippen molar-refractivity contribution in [1.82, 2.24) is 21.0 Å². The molecule has 2 atom stereocenters. The number of aromatic nitrogens is 2. The van der Waals surface area contributed by atoms with Crippen molar-refractivity contribution in [3.8, 4) is 6.07 Å². The van der Waals surface area contributed by atoms with Crippen molar-refractivity contribution in [2.45, 2.75) is 57.6 Å². The molecule has 10 heteroatoms. The SMILES string of the molecule is CC1=NNNN1c1ccc(CCNc2ncc(C#N)c(N[C@@H]3CCC[C@@](C)(O)C3)n2)cc1. The minimum absolute atomic E-state index is 0.0843. The van der Waals surface area contributed by atoms with E-state index in [1.54, 1.807) is 0 Å². The van der Waals surface area contributed by atoms with Gasteiger partial charge in [0.15, 0.2) is 0 Å². The highest BCUT2D eigenvalue weighted by molar-refractivity contribution is 5.95. The molecule has 1 saturated carbocycles. The minimum atomic E-state index is -0.681. The van der Waals surface area contributed by atoms with Gasteiger partial charge in [0.1, 0.15) is 23.3 Å². The zero-order chi connectivity index (χ0) is 22.6. The minimum Gasteiger partial charge on any atom is -0.390 e. The van der Waals surface area contributed by atoms with Crippen LogP contribution in [0.15, 0.2) is 35.6 Å². The largest absolute Gasteiger partial charge is 0.390 e. The molecule has 2 aromatic rings. The van der Waals surface area contributed by atoms with Gasteiger partial charge in [0.25, 0.3) is 0 Å². The highest BCUT2D eigenvalue weighted by atomic mass is 16.3. The lowest BCUT2D eigenvalue weighted by Crippen LogP contribution is -2.40. The van der Waals surface area contributed by atoms with Gasteiger partial charge in [-0.05, 0) is 63.6 Å². The van der Waals surface area contributed by atoms with E-state index in [1.165, 1.54) is 11.8 Å². The van der Waals surface area contributed by atoms with Crippen LogP contribution in [-0.4, -0.2) is 39.1 Å². The second-order valence-corrected chi connectivity index (χ2v) is 8.56. The number of hydrogen-bond donors (Lipinski definition) is 5. The molecule has 32 heavy (non-hydrogen) atoms. The van der Waals surface area contributed by atoms with Crippen LogP contribution in [0.3, 0.4) is 0 Å². The number of nitriles is 1. The number of amidine groups is 1. The van der Waals surface area contributed by atoms with Gasteiger partial charge in [-0.2, -0.15) is 10.2 Å². The van der Waals surface area contributed by atoms with Crippen molar-refractivity contribution in [3.05, 3.63) is 41.6 Å². The molecule has 2 heterocycles. The standard InChI is InChI=1S/C22H29N9O/c1-15-28-29-30-31(15)19-7-5-16(6-8-19)9-11-24-21-25-14-17(13-23)20(27-21)26-18-4-3-10-22(2,32)12-18/h5-8,14,18,29-30,32H,3-4,9-12H2,1-2H3,(H2,24,25,26,27)/t18-,22-/m1/s1. The molecule has 4 rings (SSSR count). The van der Waals surface area contributed by atoms with Crippen LogP contribution in [0.5, 0.6) is 0 Å². The molecular weight excluding hydrogens is 406 g/mol. The fourth-order valence-corrected chi connectivity index (χ4v) is 4.11. The number of hydrazine groups is 2. The molecule has 0 amide bonds. The van der Waals surface area contributed by atoms with Crippen LogP contribution in [0, 0.1) is 11.3 Å². The van der Waals surface area contributed by atoms with Crippen molar-refractivity contribution in [3.63, 3.8) is 0 Å². The zero-order valence-corrected chi connectivity index (χ0v) is 18.4. The number of nitrogens with zero attached hydrogens (tertiary/aromatic N) is 5. The summed E-state index contributed by atoms with van der Waals surface area (Å²) in [5.74, 6) is 1.84. The van der Waals surface area contributed by atoms with Crippen molar-refractivity contribution in [1.29, 1.82) is 5.26 Å². The molecule has 0 saturated heterocycles. The summed E-state index contributed by atoms with van der Waals surface area (Å²) in [6, 6.07) is 10.5. The van der Waals surface area contributed by atoms with Crippen molar-refractivity contribution >= 4 is 23.3 Å². The number of aliphatic hydroxyl groups is 1. The zero-order valence-electron chi connectivity index (χ0n) is 18.4. The first kappa shape index (κ1) is 21.8. The Hall–Kier alpha value is -3.42. The Morgan fingerprint density at radius 2 is 2.16 bits per heavy atom. The predicted molar refractivity (Wildman–Crippen MR) is 124 cm³/mol. The van der Waals surface area contributed by atoms with Crippen LogP contribution < -0.4 is 26.7 Å². The molecule has 0 spiro atoms. The molecule has 10 nitrogen and oxygen atoms in total. The molecule has 0 unspecified atom stereocenters. The van der Waals surface area contributed by atoms with Crippen LogP contribution >= 0.6 is 0 Å². The van der Waals surface area contributed by atoms with Crippen molar-refractivity contribution in [2.24, 2.45) is 5.10 Å². The molecule has 5 N–H and O–H groups in total. The summed E-state index contributed by atoms with van der Waals surface area (Å²) < 4.78 is 0. The first-order chi connectivity index (χ1) is 15.4. The number of hydrogen-bond acceptors (Lipinski definition) is 10. The van der Waals surface area contributed by atoms with Gasteiger partial charge in [-0.1, -0.05) is 12.1 Å². The maximum absolute atomic E-state index is 10.4. The van der Waals surface area contributed by atoms with E-state index in [2.05, 4.69) is 55.0 Å². The third kappa shape index (κ3) is 5.25. The fraction of sp³-hybridized carbons (Fsp3) is 0.455. The Labute approximate surface area is 187 Å². The van der Waals surface area contributed by atoms with E-state index in [9.17, 15) is 10.4 Å². The number of rotatable bonds is 7. The average Bonchev–Trinajstić information content (AvgIpc) is 3.20. The number of nitrogens with one attached hydrogen (secondary N) is 4. The second-order valence-electron chi connectivity index (χ2n) is 8.56. The summed E-state index contributed by atoms with van der Waals surface area (Å²) in [6.45, 7) is 4.44. The van der Waals surface area contributed by atoms with E-state index in [0.29, 0.717) is 30.3 Å². The summed E-state index contributed by atoms with van der Waals surface area (Å²) in [5, 5.41) is 32.3. The van der Waals surface area contributed by atoms with Crippen LogP contribution in [0.2, 0.25) is 0 Å². The van der Waals surface area contributed by atoms with Gasteiger partial charge >= 0.3 is 0 Å². The third-order valence-corrected chi connectivity index (χ3v) is 5.80. The quantitative estimate of drug-likeness (QED) is 0.444. The first-order valence-electron chi connectivity index (χ1n) is 10.9. The predicted octanol–water partition coefficient (Wildman–Crippen LogP) is 2.27. The monoisotopic (exact) mass is 435 g/mol. The molecule has 1 aliphatic carbocycles. The van der Waals surface area contributed by atoms with Crippen LogP contribution in [-0.2, 0) is 6.42 Å². The molecule has 168 valence electrons. The van der Waals surface area contributed by atoms with Gasteiger partial charge in [-0.3, -0.25) is 0 Å². The van der Waals surface area contributed by atoms with Gasteiger partial charge in [0.2, 0.25) is 5.95 Å². The Balaban J connectivity index is 1.34. The molecule has 0 bridgehead atoms. The second kappa shape index (κ2) is 9.38. The normalized spacial score (nSPS) is 22.6. The van der Waals surface area contributed by atoms with Crippen LogP contribution in [0.4, 0.5) is 17.5 Å². The van der Waals surface area contributed by atoms with Crippen molar-refractivity contribution in [2.75, 3.05) is 22.2 Å². The average molecular weight is 436 g/mol. The first-order valence-corrected chi connectivity index (χ1v) is 10.9. The van der Waals surface area contributed by atoms with Gasteiger partial charge in [-0.25, -0.2) is 15.5 Å². The van der Waals surface area contributed by atoms with E-state index in [-0.39, 0.29) is 6.04 Å². The molecule has 1 aromatic heterocycles. The summed E-state index contributed by atoms with van der Waals surface area (Å²) in [5.41, 5.74) is 7.60.